The Bertz CT molecular complexity index is 484. The first-order valence-corrected chi connectivity index (χ1v) is 6.37. The predicted molar refractivity (Wildman–Crippen MR) is 69.0 cm³/mol. The first-order valence-electron chi connectivity index (χ1n) is 6.37. The number of hydrogen-bond acceptors (Lipinski definition) is 4. The highest BCUT2D eigenvalue weighted by Gasteiger charge is 2.20. The summed E-state index contributed by atoms with van der Waals surface area (Å²) >= 11 is 0. The van der Waals surface area contributed by atoms with Gasteiger partial charge >= 0.3 is 6.03 Å². The molecule has 6 nitrogen and oxygen atoms in total. The Morgan fingerprint density at radius 1 is 1.16 bits per heavy atom. The topological polar surface area (TPSA) is 68.0 Å². The molecule has 2 aliphatic rings. The Morgan fingerprint density at radius 3 is 2.63 bits per heavy atom. The van der Waals surface area contributed by atoms with Gasteiger partial charge in [0.15, 0.2) is 11.5 Å². The molecule has 2 amide bonds. The molecule has 1 aromatic rings. The van der Waals surface area contributed by atoms with E-state index >= 15 is 0 Å². The van der Waals surface area contributed by atoms with E-state index in [2.05, 4.69) is 4.90 Å². The number of hydrogen-bond donors (Lipinski definition) is 1. The Kier molecular flexibility index (Phi) is 3.16. The highest BCUT2D eigenvalue weighted by molar-refractivity contribution is 5.72. The van der Waals surface area contributed by atoms with Crippen LogP contribution < -0.4 is 15.2 Å². The molecule has 2 N–H and O–H groups in total. The van der Waals surface area contributed by atoms with E-state index < -0.39 is 0 Å². The van der Waals surface area contributed by atoms with Crippen molar-refractivity contribution in [3.63, 3.8) is 0 Å². The van der Waals surface area contributed by atoms with Gasteiger partial charge in [0, 0.05) is 32.7 Å². The lowest BCUT2D eigenvalue weighted by molar-refractivity contribution is 0.140. The van der Waals surface area contributed by atoms with E-state index in [-0.39, 0.29) is 6.03 Å². The molecule has 102 valence electrons. The summed E-state index contributed by atoms with van der Waals surface area (Å²) < 4.78 is 10.7. The minimum absolute atomic E-state index is 0.302. The fraction of sp³-hybridized carbons (Fsp3) is 0.462. The first-order chi connectivity index (χ1) is 9.22. The molecule has 19 heavy (non-hydrogen) atoms. The minimum Gasteiger partial charge on any atom is -0.454 e. The third kappa shape index (κ3) is 2.58. The molecule has 0 radical (unpaired) electrons. The van der Waals surface area contributed by atoms with Gasteiger partial charge in [-0.2, -0.15) is 0 Å². The molecule has 0 unspecified atom stereocenters. The summed E-state index contributed by atoms with van der Waals surface area (Å²) in [6.45, 7) is 4.23. The highest BCUT2D eigenvalue weighted by atomic mass is 16.7. The van der Waals surface area contributed by atoms with Crippen molar-refractivity contribution in [2.24, 2.45) is 5.73 Å². The third-order valence-corrected chi connectivity index (χ3v) is 3.53. The molecule has 0 aliphatic carbocycles. The van der Waals surface area contributed by atoms with Gasteiger partial charge in [-0.15, -0.1) is 0 Å². The van der Waals surface area contributed by atoms with Crippen LogP contribution in [0, 0.1) is 0 Å². The molecule has 3 rings (SSSR count). The van der Waals surface area contributed by atoms with Gasteiger partial charge in [-0.25, -0.2) is 4.79 Å². The standard InChI is InChI=1S/C13H17N3O3/c14-13(17)16-5-3-15(4-6-16)8-10-1-2-11-12(7-10)19-9-18-11/h1-2,7H,3-6,8-9H2,(H2,14,17). The van der Waals surface area contributed by atoms with Crippen molar-refractivity contribution < 1.29 is 14.3 Å². The number of rotatable bonds is 2. The van der Waals surface area contributed by atoms with Crippen molar-refractivity contribution in [1.82, 2.24) is 9.80 Å². The van der Waals surface area contributed by atoms with Crippen LogP contribution >= 0.6 is 0 Å². The van der Waals surface area contributed by atoms with Crippen molar-refractivity contribution in [1.29, 1.82) is 0 Å². The number of nitrogens with two attached hydrogens (primary N) is 1. The lowest BCUT2D eigenvalue weighted by atomic mass is 10.1. The number of piperazine rings is 1. The molecule has 2 heterocycles. The van der Waals surface area contributed by atoms with Crippen LogP contribution in [0.5, 0.6) is 11.5 Å². The van der Waals surface area contributed by atoms with E-state index in [1.165, 1.54) is 5.56 Å². The van der Waals surface area contributed by atoms with Crippen LogP contribution in [-0.4, -0.2) is 48.8 Å². The van der Waals surface area contributed by atoms with E-state index in [4.69, 9.17) is 15.2 Å². The molecule has 0 bridgehead atoms. The van der Waals surface area contributed by atoms with E-state index in [0.717, 1.165) is 31.1 Å². The zero-order valence-corrected chi connectivity index (χ0v) is 10.7. The molecule has 0 saturated carbocycles. The maximum absolute atomic E-state index is 11.0. The second-order valence-corrected chi connectivity index (χ2v) is 4.79. The number of primary amides is 1. The number of urea groups is 1. The van der Waals surface area contributed by atoms with Crippen LogP contribution in [0.1, 0.15) is 5.56 Å². The quantitative estimate of drug-likeness (QED) is 0.849. The number of benzene rings is 1. The molecule has 0 aromatic heterocycles. The van der Waals surface area contributed by atoms with Crippen LogP contribution in [0.15, 0.2) is 18.2 Å². The SMILES string of the molecule is NC(=O)N1CCN(Cc2ccc3c(c2)OCO3)CC1. The van der Waals surface area contributed by atoms with Crippen molar-refractivity contribution in [2.75, 3.05) is 33.0 Å². The summed E-state index contributed by atoms with van der Waals surface area (Å²) in [5.41, 5.74) is 6.46. The van der Waals surface area contributed by atoms with Gasteiger partial charge in [-0.3, -0.25) is 4.90 Å². The fourth-order valence-electron chi connectivity index (χ4n) is 2.42. The van der Waals surface area contributed by atoms with E-state index in [1.54, 1.807) is 4.90 Å². The molecular weight excluding hydrogens is 246 g/mol. The van der Waals surface area contributed by atoms with Crippen molar-refractivity contribution in [3.8, 4) is 11.5 Å². The lowest BCUT2D eigenvalue weighted by Gasteiger charge is -2.33. The second kappa shape index (κ2) is 4.97. The van der Waals surface area contributed by atoms with E-state index in [0.29, 0.717) is 19.9 Å². The zero-order valence-electron chi connectivity index (χ0n) is 10.7. The van der Waals surface area contributed by atoms with Crippen LogP contribution in [-0.2, 0) is 6.54 Å². The van der Waals surface area contributed by atoms with Crippen molar-refractivity contribution in [3.05, 3.63) is 23.8 Å². The Balaban J connectivity index is 1.59. The van der Waals surface area contributed by atoms with E-state index in [9.17, 15) is 4.79 Å². The smallest absolute Gasteiger partial charge is 0.314 e. The van der Waals surface area contributed by atoms with Gasteiger partial charge in [0.25, 0.3) is 0 Å². The largest absolute Gasteiger partial charge is 0.454 e. The molecule has 1 fully saturated rings. The monoisotopic (exact) mass is 263 g/mol. The van der Waals surface area contributed by atoms with Gasteiger partial charge in [0.2, 0.25) is 6.79 Å². The maximum atomic E-state index is 11.0. The first kappa shape index (κ1) is 12.1. The fourth-order valence-corrected chi connectivity index (χ4v) is 2.42. The van der Waals surface area contributed by atoms with Gasteiger partial charge in [-0.1, -0.05) is 6.07 Å². The molecule has 1 saturated heterocycles. The third-order valence-electron chi connectivity index (χ3n) is 3.53. The molecule has 2 aliphatic heterocycles. The van der Waals surface area contributed by atoms with E-state index in [1.807, 2.05) is 18.2 Å². The normalized spacial score (nSPS) is 18.6. The molecular formula is C13H17N3O3. The van der Waals surface area contributed by atoms with Crippen molar-refractivity contribution >= 4 is 6.03 Å². The Hall–Kier alpha value is -1.95. The van der Waals surface area contributed by atoms with Gasteiger partial charge in [0.05, 0.1) is 0 Å². The lowest BCUT2D eigenvalue weighted by Crippen LogP contribution is -2.50. The maximum Gasteiger partial charge on any atom is 0.314 e. The van der Waals surface area contributed by atoms with Crippen molar-refractivity contribution in [2.45, 2.75) is 6.54 Å². The molecule has 0 atom stereocenters. The number of amides is 2. The summed E-state index contributed by atoms with van der Waals surface area (Å²) in [5.74, 6) is 1.62. The number of carbonyl (C=O) groups is 1. The van der Waals surface area contributed by atoms with Gasteiger partial charge in [-0.05, 0) is 17.7 Å². The van der Waals surface area contributed by atoms with Crippen LogP contribution in [0.25, 0.3) is 0 Å². The van der Waals surface area contributed by atoms with Gasteiger partial charge < -0.3 is 20.1 Å². The summed E-state index contributed by atoms with van der Waals surface area (Å²) in [7, 11) is 0. The minimum atomic E-state index is -0.331. The predicted octanol–water partition coefficient (Wildman–Crippen LogP) is 0.612. The Labute approximate surface area is 111 Å². The summed E-state index contributed by atoms with van der Waals surface area (Å²) in [6.07, 6.45) is 0. The second-order valence-electron chi connectivity index (χ2n) is 4.79. The number of ether oxygens (including phenoxy) is 2. The average Bonchev–Trinajstić information content (AvgIpc) is 2.87. The zero-order chi connectivity index (χ0) is 13.2. The van der Waals surface area contributed by atoms with Gasteiger partial charge in [0.1, 0.15) is 0 Å². The van der Waals surface area contributed by atoms with Crippen LogP contribution in [0.3, 0.4) is 0 Å². The number of fused-ring (bicyclic) bond motifs is 1. The van der Waals surface area contributed by atoms with Crippen LogP contribution in [0.4, 0.5) is 4.79 Å². The molecule has 1 aromatic carbocycles. The Morgan fingerprint density at radius 2 is 1.89 bits per heavy atom. The highest BCUT2D eigenvalue weighted by Crippen LogP contribution is 2.32. The average molecular weight is 263 g/mol. The number of nitrogens with zero attached hydrogens (tertiary/aromatic N) is 2. The van der Waals surface area contributed by atoms with Crippen LogP contribution in [0.2, 0.25) is 0 Å². The summed E-state index contributed by atoms with van der Waals surface area (Å²) in [6, 6.07) is 5.68. The molecule has 6 heteroatoms. The number of carbonyl (C=O) groups excluding carboxylic acids is 1. The molecule has 0 spiro atoms. The summed E-state index contributed by atoms with van der Waals surface area (Å²) in [4.78, 5) is 15.0. The summed E-state index contributed by atoms with van der Waals surface area (Å²) in [5, 5.41) is 0.